The molecule has 0 aliphatic rings. The molecule has 0 spiro atoms. The van der Waals surface area contributed by atoms with Crippen molar-refractivity contribution in [1.29, 1.82) is 0 Å². The number of hydrogen-bond acceptors (Lipinski definition) is 3. The van der Waals surface area contributed by atoms with E-state index in [0.717, 1.165) is 6.54 Å². The second-order valence-corrected chi connectivity index (χ2v) is 4.09. The Hall–Kier alpha value is -0.900. The fraction of sp³-hybridized carbons (Fsp3) is 0.200. The Bertz CT molecular complexity index is 406. The highest BCUT2D eigenvalue weighted by Gasteiger charge is 2.02. The number of benzene rings is 1. The summed E-state index contributed by atoms with van der Waals surface area (Å²) in [5.41, 5.74) is 1.30. The van der Waals surface area contributed by atoms with Gasteiger partial charge in [-0.2, -0.15) is 0 Å². The number of thiophene rings is 1. The van der Waals surface area contributed by atoms with Gasteiger partial charge in [0, 0.05) is 18.3 Å². The van der Waals surface area contributed by atoms with Crippen molar-refractivity contribution in [3.8, 4) is 0 Å². The number of rotatable bonds is 2. The first-order chi connectivity index (χ1) is 6.27. The molecule has 0 saturated heterocycles. The zero-order valence-corrected chi connectivity index (χ0v) is 8.34. The van der Waals surface area contributed by atoms with Gasteiger partial charge in [-0.25, -0.2) is 5.01 Å². The van der Waals surface area contributed by atoms with Gasteiger partial charge in [0.05, 0.1) is 0 Å². The summed E-state index contributed by atoms with van der Waals surface area (Å²) in [6, 6.07) is 8.47. The molecule has 1 aromatic carbocycles. The molecule has 1 aromatic heterocycles. The van der Waals surface area contributed by atoms with Gasteiger partial charge < -0.3 is 0 Å². The highest BCUT2D eigenvalue weighted by molar-refractivity contribution is 7.17. The summed E-state index contributed by atoms with van der Waals surface area (Å²) in [4.78, 5) is 0. The Kier molecular flexibility index (Phi) is 2.31. The summed E-state index contributed by atoms with van der Waals surface area (Å²) < 4.78 is 1.35. The van der Waals surface area contributed by atoms with Crippen molar-refractivity contribution in [1.82, 2.24) is 5.01 Å². The average molecular weight is 192 g/mol. The molecule has 0 fully saturated rings. The predicted octanol–water partition coefficient (Wildman–Crippen LogP) is 2.21. The van der Waals surface area contributed by atoms with Crippen molar-refractivity contribution in [3.63, 3.8) is 0 Å². The molecule has 0 radical (unpaired) electrons. The van der Waals surface area contributed by atoms with Gasteiger partial charge in [-0.3, -0.25) is 5.84 Å². The van der Waals surface area contributed by atoms with Gasteiger partial charge in [0.15, 0.2) is 0 Å². The van der Waals surface area contributed by atoms with Crippen LogP contribution in [0, 0.1) is 0 Å². The summed E-state index contributed by atoms with van der Waals surface area (Å²) in [6.45, 7) is 0.803. The summed E-state index contributed by atoms with van der Waals surface area (Å²) in [5.74, 6) is 5.62. The molecular weight excluding hydrogens is 180 g/mol. The molecule has 2 nitrogen and oxygen atoms in total. The standard InChI is InChI=1S/C10H12N2S/c1-12(11)7-9-4-2-3-8-5-6-13-10(8)9/h2-6H,7,11H2,1H3. The minimum absolute atomic E-state index is 0.803. The van der Waals surface area contributed by atoms with Crippen molar-refractivity contribution in [3.05, 3.63) is 35.2 Å². The van der Waals surface area contributed by atoms with Gasteiger partial charge in [-0.1, -0.05) is 18.2 Å². The lowest BCUT2D eigenvalue weighted by molar-refractivity contribution is 0.343. The van der Waals surface area contributed by atoms with Crippen LogP contribution in [0.5, 0.6) is 0 Å². The maximum atomic E-state index is 5.62. The molecule has 0 aliphatic heterocycles. The molecule has 0 saturated carbocycles. The summed E-state index contributed by atoms with van der Waals surface area (Å²) in [5, 5.41) is 5.13. The van der Waals surface area contributed by atoms with E-state index in [0.29, 0.717) is 0 Å². The van der Waals surface area contributed by atoms with E-state index in [9.17, 15) is 0 Å². The molecule has 68 valence electrons. The second kappa shape index (κ2) is 3.46. The van der Waals surface area contributed by atoms with Crippen LogP contribution in [0.2, 0.25) is 0 Å². The van der Waals surface area contributed by atoms with E-state index in [4.69, 9.17) is 5.84 Å². The predicted molar refractivity (Wildman–Crippen MR) is 57.5 cm³/mol. The molecule has 13 heavy (non-hydrogen) atoms. The molecule has 2 aromatic rings. The number of hydrogen-bond donors (Lipinski definition) is 1. The molecular formula is C10H12N2S. The molecule has 0 aliphatic carbocycles. The van der Waals surface area contributed by atoms with E-state index in [1.807, 2.05) is 7.05 Å². The SMILES string of the molecule is CN(N)Cc1cccc2ccsc12. The third kappa shape index (κ3) is 1.72. The largest absolute Gasteiger partial charge is 0.269 e. The lowest BCUT2D eigenvalue weighted by Gasteiger charge is -2.09. The van der Waals surface area contributed by atoms with Crippen LogP contribution >= 0.6 is 11.3 Å². The molecule has 0 amide bonds. The highest BCUT2D eigenvalue weighted by atomic mass is 32.1. The van der Waals surface area contributed by atoms with Gasteiger partial charge in [0.1, 0.15) is 0 Å². The Labute approximate surface area is 81.6 Å². The van der Waals surface area contributed by atoms with Crippen LogP contribution in [0.4, 0.5) is 0 Å². The van der Waals surface area contributed by atoms with E-state index in [-0.39, 0.29) is 0 Å². The van der Waals surface area contributed by atoms with Crippen LogP contribution in [0.3, 0.4) is 0 Å². The van der Waals surface area contributed by atoms with Crippen LogP contribution in [0.1, 0.15) is 5.56 Å². The third-order valence-corrected chi connectivity index (χ3v) is 2.99. The zero-order chi connectivity index (χ0) is 9.26. The average Bonchev–Trinajstić information content (AvgIpc) is 2.51. The summed E-state index contributed by atoms with van der Waals surface area (Å²) >= 11 is 1.77. The monoisotopic (exact) mass is 192 g/mol. The lowest BCUT2D eigenvalue weighted by atomic mass is 10.1. The van der Waals surface area contributed by atoms with Crippen LogP contribution in [-0.2, 0) is 6.54 Å². The van der Waals surface area contributed by atoms with Crippen LogP contribution in [0.25, 0.3) is 10.1 Å². The summed E-state index contributed by atoms with van der Waals surface area (Å²) in [6.07, 6.45) is 0. The number of nitrogens with zero attached hydrogens (tertiary/aromatic N) is 1. The number of nitrogens with two attached hydrogens (primary N) is 1. The smallest absolute Gasteiger partial charge is 0.0390 e. The molecule has 3 heteroatoms. The normalized spacial score (nSPS) is 11.3. The fourth-order valence-electron chi connectivity index (χ4n) is 1.45. The van der Waals surface area contributed by atoms with Crippen LogP contribution in [-0.4, -0.2) is 12.1 Å². The minimum atomic E-state index is 0.803. The maximum Gasteiger partial charge on any atom is 0.0390 e. The first-order valence-corrected chi connectivity index (χ1v) is 5.06. The Morgan fingerprint density at radius 3 is 3.00 bits per heavy atom. The van der Waals surface area contributed by atoms with E-state index < -0.39 is 0 Å². The fourth-order valence-corrected chi connectivity index (χ4v) is 2.36. The number of hydrazine groups is 1. The quantitative estimate of drug-likeness (QED) is 0.584. The van der Waals surface area contributed by atoms with E-state index >= 15 is 0 Å². The Morgan fingerprint density at radius 1 is 1.38 bits per heavy atom. The van der Waals surface area contributed by atoms with E-state index in [2.05, 4.69) is 29.6 Å². The van der Waals surface area contributed by atoms with Crippen LogP contribution < -0.4 is 5.84 Å². The summed E-state index contributed by atoms with van der Waals surface area (Å²) in [7, 11) is 1.88. The topological polar surface area (TPSA) is 29.3 Å². The molecule has 2 N–H and O–H groups in total. The first-order valence-electron chi connectivity index (χ1n) is 4.18. The Balaban J connectivity index is 2.48. The molecule has 2 rings (SSSR count). The van der Waals surface area contributed by atoms with Crippen molar-refractivity contribution in [2.24, 2.45) is 5.84 Å². The van der Waals surface area contributed by atoms with Gasteiger partial charge in [-0.05, 0) is 22.4 Å². The van der Waals surface area contributed by atoms with Gasteiger partial charge >= 0.3 is 0 Å². The molecule has 0 unspecified atom stereocenters. The maximum absolute atomic E-state index is 5.62. The van der Waals surface area contributed by atoms with Gasteiger partial charge in [0.2, 0.25) is 0 Å². The van der Waals surface area contributed by atoms with E-state index in [1.54, 1.807) is 16.3 Å². The number of fused-ring (bicyclic) bond motifs is 1. The van der Waals surface area contributed by atoms with Crippen molar-refractivity contribution < 1.29 is 0 Å². The molecule has 0 bridgehead atoms. The third-order valence-electron chi connectivity index (χ3n) is 1.98. The van der Waals surface area contributed by atoms with Crippen molar-refractivity contribution in [2.75, 3.05) is 7.05 Å². The van der Waals surface area contributed by atoms with Crippen molar-refractivity contribution >= 4 is 21.4 Å². The van der Waals surface area contributed by atoms with Gasteiger partial charge in [-0.15, -0.1) is 11.3 Å². The van der Waals surface area contributed by atoms with E-state index in [1.165, 1.54) is 15.6 Å². The Morgan fingerprint density at radius 2 is 2.23 bits per heavy atom. The zero-order valence-electron chi connectivity index (χ0n) is 7.53. The lowest BCUT2D eigenvalue weighted by Crippen LogP contribution is -2.24. The first kappa shape index (κ1) is 8.69. The van der Waals surface area contributed by atoms with Gasteiger partial charge in [0.25, 0.3) is 0 Å². The second-order valence-electron chi connectivity index (χ2n) is 3.17. The molecule has 1 heterocycles. The molecule has 0 atom stereocenters. The highest BCUT2D eigenvalue weighted by Crippen LogP contribution is 2.24. The minimum Gasteiger partial charge on any atom is -0.269 e. The van der Waals surface area contributed by atoms with Crippen LogP contribution in [0.15, 0.2) is 29.6 Å². The van der Waals surface area contributed by atoms with Crippen molar-refractivity contribution in [2.45, 2.75) is 6.54 Å².